The van der Waals surface area contributed by atoms with E-state index >= 15 is 0 Å². The summed E-state index contributed by atoms with van der Waals surface area (Å²) < 4.78 is 8.10. The molecule has 8 heteroatoms. The van der Waals surface area contributed by atoms with Crippen molar-refractivity contribution in [3.63, 3.8) is 0 Å². The van der Waals surface area contributed by atoms with E-state index in [-0.39, 0.29) is 0 Å². The van der Waals surface area contributed by atoms with Crippen LogP contribution in [0.5, 0.6) is 5.75 Å². The molecule has 1 aromatic carbocycles. The molecule has 1 N–H and O–H groups in total. The van der Waals surface area contributed by atoms with E-state index in [1.54, 1.807) is 23.6 Å². The molecule has 0 unspecified atom stereocenters. The average molecular weight is 372 g/mol. The van der Waals surface area contributed by atoms with Crippen molar-refractivity contribution in [3.05, 3.63) is 28.2 Å². The third-order valence-electron chi connectivity index (χ3n) is 2.87. The molecule has 21 heavy (non-hydrogen) atoms. The van der Waals surface area contributed by atoms with E-state index in [0.717, 1.165) is 46.2 Å². The summed E-state index contributed by atoms with van der Waals surface area (Å²) in [5, 5.41) is 15.6. The summed E-state index contributed by atoms with van der Waals surface area (Å²) in [7, 11) is 3.54. The first-order chi connectivity index (χ1) is 10.2. The highest BCUT2D eigenvalue weighted by molar-refractivity contribution is 9.10. The van der Waals surface area contributed by atoms with Crippen molar-refractivity contribution in [1.82, 2.24) is 25.5 Å². The molecule has 0 radical (unpaired) electrons. The molecular formula is C13H18BrN5OS. The van der Waals surface area contributed by atoms with Crippen molar-refractivity contribution in [2.75, 3.05) is 19.4 Å². The van der Waals surface area contributed by atoms with E-state index in [9.17, 15) is 0 Å². The van der Waals surface area contributed by atoms with Crippen LogP contribution >= 0.6 is 27.7 Å². The first-order valence-electron chi connectivity index (χ1n) is 6.59. The number of ether oxygens (including phenoxy) is 1. The van der Waals surface area contributed by atoms with Crippen LogP contribution in [0.4, 0.5) is 0 Å². The van der Waals surface area contributed by atoms with Gasteiger partial charge in [0.05, 0.1) is 7.11 Å². The minimum absolute atomic E-state index is 0.790. The third-order valence-corrected chi connectivity index (χ3v) is 4.46. The maximum absolute atomic E-state index is 5.35. The smallest absolute Gasteiger partial charge is 0.209 e. The summed E-state index contributed by atoms with van der Waals surface area (Å²) in [6.07, 6.45) is 1.05. The number of rotatable bonds is 8. The minimum atomic E-state index is 0.790. The molecule has 2 aromatic rings. The van der Waals surface area contributed by atoms with Crippen LogP contribution in [0.3, 0.4) is 0 Å². The summed E-state index contributed by atoms with van der Waals surface area (Å²) in [6.45, 7) is 1.73. The molecule has 0 spiro atoms. The molecule has 6 nitrogen and oxygen atoms in total. The molecule has 2 rings (SSSR count). The van der Waals surface area contributed by atoms with Gasteiger partial charge in [-0.25, -0.2) is 4.68 Å². The Labute approximate surface area is 136 Å². The normalized spacial score (nSPS) is 10.8. The first kappa shape index (κ1) is 16.3. The number of nitrogens with zero attached hydrogens (tertiary/aromatic N) is 4. The van der Waals surface area contributed by atoms with Gasteiger partial charge in [-0.3, -0.25) is 0 Å². The standard InChI is InChI=1S/C13H18BrN5OS/c1-19-13(16-17-18-19)21-7-3-6-15-9-10-8-11(14)4-5-12(10)20-2/h4-5,8,15H,3,6-7,9H2,1-2H3. The van der Waals surface area contributed by atoms with Gasteiger partial charge in [-0.15, -0.1) is 5.10 Å². The number of methoxy groups -OCH3 is 1. The lowest BCUT2D eigenvalue weighted by atomic mass is 10.2. The minimum Gasteiger partial charge on any atom is -0.496 e. The Hall–Kier alpha value is -1.12. The van der Waals surface area contributed by atoms with E-state index in [1.807, 2.05) is 19.2 Å². The number of halogens is 1. The number of hydrogen-bond acceptors (Lipinski definition) is 6. The van der Waals surface area contributed by atoms with E-state index in [2.05, 4.69) is 42.8 Å². The molecular weight excluding hydrogens is 354 g/mol. The second-order valence-electron chi connectivity index (χ2n) is 4.42. The second-order valence-corrected chi connectivity index (χ2v) is 6.40. The van der Waals surface area contributed by atoms with Crippen LogP contribution in [0, 0.1) is 0 Å². The summed E-state index contributed by atoms with van der Waals surface area (Å²) >= 11 is 5.15. The first-order valence-corrected chi connectivity index (χ1v) is 8.37. The van der Waals surface area contributed by atoms with Crippen LogP contribution in [-0.2, 0) is 13.6 Å². The lowest BCUT2D eigenvalue weighted by molar-refractivity contribution is 0.407. The predicted octanol–water partition coefficient (Wildman–Crippen LogP) is 2.25. The van der Waals surface area contributed by atoms with Crippen molar-refractivity contribution in [2.24, 2.45) is 7.05 Å². The van der Waals surface area contributed by atoms with E-state index in [0.29, 0.717) is 0 Å². The zero-order valence-corrected chi connectivity index (χ0v) is 14.4. The number of aromatic nitrogens is 4. The fourth-order valence-corrected chi connectivity index (χ4v) is 3.01. The third kappa shape index (κ3) is 4.98. The Kier molecular flexibility index (Phi) is 6.47. The fourth-order valence-electron chi connectivity index (χ4n) is 1.81. The van der Waals surface area contributed by atoms with Crippen molar-refractivity contribution in [1.29, 1.82) is 0 Å². The molecule has 0 saturated carbocycles. The largest absolute Gasteiger partial charge is 0.496 e. The van der Waals surface area contributed by atoms with E-state index in [1.165, 1.54) is 0 Å². The van der Waals surface area contributed by atoms with Gasteiger partial charge in [0.2, 0.25) is 5.16 Å². The number of benzene rings is 1. The van der Waals surface area contributed by atoms with Gasteiger partial charge >= 0.3 is 0 Å². The zero-order chi connectivity index (χ0) is 15.1. The van der Waals surface area contributed by atoms with Gasteiger partial charge < -0.3 is 10.1 Å². The van der Waals surface area contributed by atoms with Crippen molar-refractivity contribution in [3.8, 4) is 5.75 Å². The summed E-state index contributed by atoms with van der Waals surface area (Å²) in [6, 6.07) is 6.03. The van der Waals surface area contributed by atoms with Crippen LogP contribution in [-0.4, -0.2) is 39.6 Å². The maximum Gasteiger partial charge on any atom is 0.209 e. The summed E-state index contributed by atoms with van der Waals surface area (Å²) in [5.74, 6) is 1.89. The molecule has 0 saturated heterocycles. The van der Waals surface area contributed by atoms with Crippen LogP contribution in [0.25, 0.3) is 0 Å². The molecule has 0 atom stereocenters. The van der Waals surface area contributed by atoms with Crippen LogP contribution in [0.1, 0.15) is 12.0 Å². The molecule has 0 aliphatic carbocycles. The Balaban J connectivity index is 1.68. The van der Waals surface area contributed by atoms with Crippen molar-refractivity contribution in [2.45, 2.75) is 18.1 Å². The number of hydrogen-bond donors (Lipinski definition) is 1. The summed E-state index contributed by atoms with van der Waals surface area (Å²) in [4.78, 5) is 0. The van der Waals surface area contributed by atoms with Gasteiger partial charge in [0.25, 0.3) is 0 Å². The Bertz CT molecular complexity index is 577. The predicted molar refractivity (Wildman–Crippen MR) is 86.5 cm³/mol. The van der Waals surface area contributed by atoms with Gasteiger partial charge in [0.1, 0.15) is 5.75 Å². The lowest BCUT2D eigenvalue weighted by Crippen LogP contribution is -2.16. The van der Waals surface area contributed by atoms with E-state index < -0.39 is 0 Å². The molecule has 0 aliphatic rings. The molecule has 0 fully saturated rings. The van der Waals surface area contributed by atoms with Crippen molar-refractivity contribution < 1.29 is 4.74 Å². The fraction of sp³-hybridized carbons (Fsp3) is 0.462. The number of aryl methyl sites for hydroxylation is 1. The van der Waals surface area contributed by atoms with Crippen molar-refractivity contribution >= 4 is 27.7 Å². The van der Waals surface area contributed by atoms with Gasteiger partial charge in [-0.2, -0.15) is 0 Å². The highest BCUT2D eigenvalue weighted by Gasteiger charge is 2.04. The average Bonchev–Trinajstić information content (AvgIpc) is 2.88. The Morgan fingerprint density at radius 2 is 2.29 bits per heavy atom. The topological polar surface area (TPSA) is 64.9 Å². The van der Waals surface area contributed by atoms with Crippen LogP contribution < -0.4 is 10.1 Å². The van der Waals surface area contributed by atoms with E-state index in [4.69, 9.17) is 4.74 Å². The molecule has 1 heterocycles. The lowest BCUT2D eigenvalue weighted by Gasteiger charge is -2.10. The van der Waals surface area contributed by atoms with Gasteiger partial charge in [0.15, 0.2) is 0 Å². The Morgan fingerprint density at radius 3 is 3.00 bits per heavy atom. The SMILES string of the molecule is COc1ccc(Br)cc1CNCCCSc1nnnn1C. The summed E-state index contributed by atoms with van der Waals surface area (Å²) in [5.41, 5.74) is 1.15. The van der Waals surface area contributed by atoms with Crippen LogP contribution in [0.2, 0.25) is 0 Å². The number of nitrogens with one attached hydrogen (secondary N) is 1. The van der Waals surface area contributed by atoms with Gasteiger partial charge in [-0.05, 0) is 41.6 Å². The number of tetrazole rings is 1. The highest BCUT2D eigenvalue weighted by atomic mass is 79.9. The maximum atomic E-state index is 5.35. The molecule has 0 aliphatic heterocycles. The molecule has 0 amide bonds. The quantitative estimate of drug-likeness (QED) is 0.567. The zero-order valence-electron chi connectivity index (χ0n) is 12.0. The monoisotopic (exact) mass is 371 g/mol. The number of thioether (sulfide) groups is 1. The molecule has 1 aromatic heterocycles. The van der Waals surface area contributed by atoms with Gasteiger partial charge in [0, 0.05) is 29.4 Å². The van der Waals surface area contributed by atoms with Gasteiger partial charge in [-0.1, -0.05) is 27.7 Å². The molecule has 114 valence electrons. The highest BCUT2D eigenvalue weighted by Crippen LogP contribution is 2.22. The van der Waals surface area contributed by atoms with Crippen LogP contribution in [0.15, 0.2) is 27.8 Å². The Morgan fingerprint density at radius 1 is 1.43 bits per heavy atom. The molecule has 0 bridgehead atoms. The second kappa shape index (κ2) is 8.35.